The number of carbonyl (C=O) groups is 2. The standard InChI is InChI=1S/C20H30N4O3S/c25-19(26)14-1-3-15(4-2-14)22-20(27)24-11-7-13(8-12-24)18-23-16-5-9-21-10-6-17(16)28-18/h13-15,21H,1-12H2,(H,22,27)(H,25,26). The summed E-state index contributed by atoms with van der Waals surface area (Å²) in [4.78, 5) is 31.9. The third-order valence-corrected chi connectivity index (χ3v) is 7.72. The van der Waals surface area contributed by atoms with Crippen LogP contribution in [-0.4, -0.2) is 59.2 Å². The Kier molecular flexibility index (Phi) is 6.16. The SMILES string of the molecule is O=C(O)C1CCC(NC(=O)N2CCC(c3nc4c(s3)CCNCC4)CC2)CC1. The average Bonchev–Trinajstić information content (AvgIpc) is 2.99. The van der Waals surface area contributed by atoms with Crippen molar-refractivity contribution in [2.45, 2.75) is 63.3 Å². The number of likely N-dealkylation sites (tertiary alicyclic amines) is 1. The summed E-state index contributed by atoms with van der Waals surface area (Å²) in [6.45, 7) is 3.60. The number of thiazole rings is 1. The van der Waals surface area contributed by atoms with E-state index in [0.717, 1.165) is 64.7 Å². The summed E-state index contributed by atoms with van der Waals surface area (Å²) in [6, 6.07) is 0.127. The Morgan fingerprint density at radius 1 is 1.07 bits per heavy atom. The van der Waals surface area contributed by atoms with Gasteiger partial charge in [0, 0.05) is 49.4 Å². The smallest absolute Gasteiger partial charge is 0.317 e. The van der Waals surface area contributed by atoms with Crippen LogP contribution in [0.4, 0.5) is 4.79 Å². The first-order valence-corrected chi connectivity index (χ1v) is 11.4. The molecule has 2 aliphatic heterocycles. The number of carboxylic acid groups (broad SMARTS) is 1. The predicted molar refractivity (Wildman–Crippen MR) is 108 cm³/mol. The Morgan fingerprint density at radius 3 is 2.50 bits per heavy atom. The van der Waals surface area contributed by atoms with Gasteiger partial charge in [-0.25, -0.2) is 9.78 Å². The molecule has 1 aromatic rings. The number of piperidine rings is 1. The molecule has 0 unspecified atom stereocenters. The number of carbonyl (C=O) groups excluding carboxylic acids is 1. The number of nitrogens with one attached hydrogen (secondary N) is 2. The van der Waals surface area contributed by atoms with E-state index >= 15 is 0 Å². The number of carboxylic acids is 1. The summed E-state index contributed by atoms with van der Waals surface area (Å²) in [5.41, 5.74) is 1.28. The van der Waals surface area contributed by atoms with Crippen molar-refractivity contribution in [2.24, 2.45) is 5.92 Å². The molecule has 2 fully saturated rings. The molecule has 2 amide bonds. The molecular formula is C20H30N4O3S. The average molecular weight is 407 g/mol. The van der Waals surface area contributed by atoms with E-state index in [9.17, 15) is 9.59 Å². The van der Waals surface area contributed by atoms with Gasteiger partial charge in [0.25, 0.3) is 0 Å². The normalized spacial score (nSPS) is 26.4. The van der Waals surface area contributed by atoms with Gasteiger partial charge in [-0.1, -0.05) is 0 Å². The fourth-order valence-electron chi connectivity index (χ4n) is 4.58. The van der Waals surface area contributed by atoms with E-state index in [4.69, 9.17) is 10.1 Å². The number of hydrogen-bond donors (Lipinski definition) is 3. The van der Waals surface area contributed by atoms with Gasteiger partial charge in [-0.05, 0) is 44.9 Å². The molecule has 0 radical (unpaired) electrons. The second-order valence-electron chi connectivity index (χ2n) is 8.27. The van der Waals surface area contributed by atoms with E-state index in [-0.39, 0.29) is 18.0 Å². The van der Waals surface area contributed by atoms with Crippen LogP contribution in [0, 0.1) is 5.92 Å². The molecule has 7 nitrogen and oxygen atoms in total. The predicted octanol–water partition coefficient (Wildman–Crippen LogP) is 2.36. The largest absolute Gasteiger partial charge is 0.481 e. The van der Waals surface area contributed by atoms with Crippen molar-refractivity contribution in [1.82, 2.24) is 20.5 Å². The second kappa shape index (κ2) is 8.78. The van der Waals surface area contributed by atoms with Gasteiger partial charge in [0.15, 0.2) is 0 Å². The summed E-state index contributed by atoms with van der Waals surface area (Å²) in [7, 11) is 0. The van der Waals surface area contributed by atoms with Gasteiger partial charge in [0.05, 0.1) is 16.6 Å². The van der Waals surface area contributed by atoms with Crippen LogP contribution in [0.3, 0.4) is 0 Å². The first kappa shape index (κ1) is 19.6. The molecule has 0 atom stereocenters. The molecule has 0 bridgehead atoms. The van der Waals surface area contributed by atoms with Crippen molar-refractivity contribution < 1.29 is 14.7 Å². The molecule has 1 aliphatic carbocycles. The van der Waals surface area contributed by atoms with Gasteiger partial charge in [-0.2, -0.15) is 0 Å². The summed E-state index contributed by atoms with van der Waals surface area (Å²) < 4.78 is 0. The number of aromatic nitrogens is 1. The molecule has 1 saturated carbocycles. The summed E-state index contributed by atoms with van der Waals surface area (Å²) >= 11 is 1.88. The van der Waals surface area contributed by atoms with Crippen molar-refractivity contribution in [1.29, 1.82) is 0 Å². The summed E-state index contributed by atoms with van der Waals surface area (Å²) in [5.74, 6) is -0.476. The topological polar surface area (TPSA) is 94.6 Å². The van der Waals surface area contributed by atoms with Crippen LogP contribution < -0.4 is 10.6 Å². The molecule has 8 heteroatoms. The van der Waals surface area contributed by atoms with E-state index in [0.29, 0.717) is 18.8 Å². The van der Waals surface area contributed by atoms with Crippen molar-refractivity contribution in [2.75, 3.05) is 26.2 Å². The first-order valence-electron chi connectivity index (χ1n) is 10.6. The van der Waals surface area contributed by atoms with Gasteiger partial charge >= 0.3 is 12.0 Å². The monoisotopic (exact) mass is 406 g/mol. The van der Waals surface area contributed by atoms with Crippen molar-refractivity contribution in [3.63, 3.8) is 0 Å². The molecule has 1 saturated heterocycles. The molecule has 28 heavy (non-hydrogen) atoms. The van der Waals surface area contributed by atoms with E-state index in [1.54, 1.807) is 0 Å². The maximum absolute atomic E-state index is 12.6. The van der Waals surface area contributed by atoms with Crippen LogP contribution in [0.5, 0.6) is 0 Å². The molecule has 4 rings (SSSR count). The van der Waals surface area contributed by atoms with E-state index in [1.807, 2.05) is 16.2 Å². The van der Waals surface area contributed by atoms with Gasteiger partial charge in [0.2, 0.25) is 0 Å². The minimum Gasteiger partial charge on any atom is -0.481 e. The van der Waals surface area contributed by atoms with E-state index in [2.05, 4.69) is 10.6 Å². The quantitative estimate of drug-likeness (QED) is 0.716. The summed E-state index contributed by atoms with van der Waals surface area (Å²) in [5, 5.41) is 16.9. The second-order valence-corrected chi connectivity index (χ2v) is 9.38. The molecule has 0 spiro atoms. The number of hydrogen-bond acceptors (Lipinski definition) is 5. The Labute approximate surface area is 169 Å². The van der Waals surface area contributed by atoms with Gasteiger partial charge in [0.1, 0.15) is 0 Å². The molecule has 3 N–H and O–H groups in total. The van der Waals surface area contributed by atoms with Gasteiger partial charge < -0.3 is 20.6 Å². The number of nitrogens with zero attached hydrogens (tertiary/aromatic N) is 2. The lowest BCUT2D eigenvalue weighted by molar-refractivity contribution is -0.142. The van der Waals surface area contributed by atoms with Crippen LogP contribution >= 0.6 is 11.3 Å². The lowest BCUT2D eigenvalue weighted by Gasteiger charge is -2.34. The van der Waals surface area contributed by atoms with Crippen LogP contribution in [0.15, 0.2) is 0 Å². The Balaban J connectivity index is 1.25. The zero-order valence-electron chi connectivity index (χ0n) is 16.3. The van der Waals surface area contributed by atoms with Crippen molar-refractivity contribution in [3.8, 4) is 0 Å². The third-order valence-electron chi connectivity index (χ3n) is 6.40. The number of rotatable bonds is 3. The number of fused-ring (bicyclic) bond motifs is 1. The molecule has 1 aromatic heterocycles. The van der Waals surface area contributed by atoms with Crippen LogP contribution in [0.2, 0.25) is 0 Å². The molecule has 3 aliphatic rings. The minimum atomic E-state index is -0.706. The lowest BCUT2D eigenvalue weighted by atomic mass is 9.86. The zero-order chi connectivity index (χ0) is 19.5. The molecule has 0 aromatic carbocycles. The van der Waals surface area contributed by atoms with Crippen LogP contribution in [0.25, 0.3) is 0 Å². The van der Waals surface area contributed by atoms with E-state index in [1.165, 1.54) is 15.6 Å². The number of aliphatic carboxylic acids is 1. The Morgan fingerprint density at radius 2 is 1.79 bits per heavy atom. The fourth-order valence-corrected chi connectivity index (χ4v) is 5.86. The zero-order valence-corrected chi connectivity index (χ0v) is 17.1. The third kappa shape index (κ3) is 4.49. The highest BCUT2D eigenvalue weighted by atomic mass is 32.1. The lowest BCUT2D eigenvalue weighted by Crippen LogP contribution is -2.48. The van der Waals surface area contributed by atoms with Crippen molar-refractivity contribution in [3.05, 3.63) is 15.6 Å². The first-order chi connectivity index (χ1) is 13.6. The fraction of sp³-hybridized carbons (Fsp3) is 0.750. The summed E-state index contributed by atoms with van der Waals surface area (Å²) in [6.07, 6.45) is 6.90. The van der Waals surface area contributed by atoms with E-state index < -0.39 is 5.97 Å². The Bertz CT molecular complexity index is 683. The molecular weight excluding hydrogens is 376 g/mol. The maximum atomic E-state index is 12.6. The number of amides is 2. The maximum Gasteiger partial charge on any atom is 0.317 e. The van der Waals surface area contributed by atoms with Crippen LogP contribution in [-0.2, 0) is 17.6 Å². The highest BCUT2D eigenvalue weighted by Gasteiger charge is 2.30. The highest BCUT2D eigenvalue weighted by Crippen LogP contribution is 2.33. The van der Waals surface area contributed by atoms with Gasteiger partial charge in [-0.15, -0.1) is 11.3 Å². The highest BCUT2D eigenvalue weighted by molar-refractivity contribution is 7.11. The number of urea groups is 1. The molecule has 154 valence electrons. The molecule has 3 heterocycles. The van der Waals surface area contributed by atoms with Gasteiger partial charge in [-0.3, -0.25) is 4.79 Å². The minimum absolute atomic E-state index is 0.0122. The van der Waals surface area contributed by atoms with Crippen molar-refractivity contribution >= 4 is 23.3 Å². The Hall–Kier alpha value is -1.67. The van der Waals surface area contributed by atoms with Crippen LogP contribution in [0.1, 0.15) is 60.0 Å².